The number of nitrogens with zero attached hydrogens (tertiary/aromatic N) is 1. The Morgan fingerprint density at radius 1 is 1.26 bits per heavy atom. The number of hydrogen-bond donors (Lipinski definition) is 1. The first kappa shape index (κ1) is 23.4. The van der Waals surface area contributed by atoms with Crippen LogP contribution in [0.2, 0.25) is 0 Å². The topological polar surface area (TPSA) is 102 Å². The fourth-order valence-electron chi connectivity index (χ4n) is 3.94. The summed E-state index contributed by atoms with van der Waals surface area (Å²) in [5.41, 5.74) is -0.467. The molecule has 31 heavy (non-hydrogen) atoms. The van der Waals surface area contributed by atoms with Crippen molar-refractivity contribution in [3.05, 3.63) is 29.3 Å². The van der Waals surface area contributed by atoms with E-state index in [9.17, 15) is 26.8 Å². The van der Waals surface area contributed by atoms with E-state index in [0.29, 0.717) is 5.56 Å². The van der Waals surface area contributed by atoms with Gasteiger partial charge in [-0.3, -0.25) is 0 Å². The van der Waals surface area contributed by atoms with Crippen LogP contribution in [0, 0.1) is 0 Å². The third kappa shape index (κ3) is 4.67. The van der Waals surface area contributed by atoms with E-state index in [4.69, 9.17) is 4.74 Å². The van der Waals surface area contributed by atoms with Crippen LogP contribution in [-0.4, -0.2) is 55.5 Å². The number of benzene rings is 1. The number of alkyl halides is 2. The van der Waals surface area contributed by atoms with E-state index < -0.39 is 52.1 Å². The molecular formula is C20H26F2N2O6S. The first-order valence-corrected chi connectivity index (χ1v) is 11.3. The number of halogens is 2. The Kier molecular flexibility index (Phi) is 6.05. The molecule has 0 aromatic heterocycles. The van der Waals surface area contributed by atoms with Crippen LogP contribution in [0.5, 0.6) is 0 Å². The van der Waals surface area contributed by atoms with Gasteiger partial charge < -0.3 is 14.8 Å². The minimum atomic E-state index is -4.16. The Morgan fingerprint density at radius 3 is 2.55 bits per heavy atom. The Labute approximate surface area is 179 Å². The van der Waals surface area contributed by atoms with E-state index in [1.807, 2.05) is 0 Å². The van der Waals surface area contributed by atoms with Crippen molar-refractivity contribution >= 4 is 22.1 Å². The molecule has 0 saturated heterocycles. The molecule has 2 aliphatic rings. The zero-order chi connectivity index (χ0) is 23.2. The van der Waals surface area contributed by atoms with Gasteiger partial charge in [-0.25, -0.2) is 26.8 Å². The number of fused-ring (bicyclic) bond motifs is 1. The van der Waals surface area contributed by atoms with Crippen molar-refractivity contribution < 1.29 is 36.3 Å². The third-order valence-corrected chi connectivity index (χ3v) is 7.25. The lowest BCUT2D eigenvalue weighted by Crippen LogP contribution is -2.62. The first-order valence-electron chi connectivity index (χ1n) is 9.87. The second kappa shape index (κ2) is 8.01. The number of hydrogen-bond acceptors (Lipinski definition) is 6. The zero-order valence-electron chi connectivity index (χ0n) is 17.8. The minimum Gasteiger partial charge on any atom is -0.465 e. The van der Waals surface area contributed by atoms with Crippen molar-refractivity contribution in [3.8, 4) is 0 Å². The number of rotatable bonds is 3. The summed E-state index contributed by atoms with van der Waals surface area (Å²) >= 11 is 0. The quantitative estimate of drug-likeness (QED) is 0.696. The normalized spacial score (nSPS) is 24.8. The van der Waals surface area contributed by atoms with Crippen molar-refractivity contribution in [3.63, 3.8) is 0 Å². The van der Waals surface area contributed by atoms with E-state index in [1.165, 1.54) is 25.3 Å². The Bertz CT molecular complexity index is 990. The number of carbonyl (C=O) groups is 2. The zero-order valence-corrected chi connectivity index (χ0v) is 18.6. The Morgan fingerprint density at radius 2 is 1.94 bits per heavy atom. The molecule has 1 fully saturated rings. The highest BCUT2D eigenvalue weighted by Gasteiger charge is 2.54. The van der Waals surface area contributed by atoms with Gasteiger partial charge in [-0.2, -0.15) is 4.31 Å². The molecule has 0 spiro atoms. The highest BCUT2D eigenvalue weighted by atomic mass is 32.2. The average Bonchev–Trinajstić information content (AvgIpc) is 2.91. The SMILES string of the molecule is COC(=O)c1ccc2c(c1)S(=O)(=O)N([C@@H]1CCCC(F)(F)[C@H]1NC(=O)OC(C)(C)C)C2. The van der Waals surface area contributed by atoms with Crippen molar-refractivity contribution in [1.82, 2.24) is 9.62 Å². The maximum Gasteiger partial charge on any atom is 0.408 e. The molecule has 1 saturated carbocycles. The van der Waals surface area contributed by atoms with Gasteiger partial charge in [-0.05, 0) is 51.3 Å². The number of methoxy groups -OCH3 is 1. The van der Waals surface area contributed by atoms with Crippen LogP contribution >= 0.6 is 0 Å². The fourth-order valence-corrected chi connectivity index (χ4v) is 5.83. The molecular weight excluding hydrogens is 434 g/mol. The summed E-state index contributed by atoms with van der Waals surface area (Å²) in [5.74, 6) is -4.02. The molecule has 1 aromatic rings. The highest BCUT2D eigenvalue weighted by molar-refractivity contribution is 7.89. The van der Waals surface area contributed by atoms with Gasteiger partial charge in [-0.15, -0.1) is 0 Å². The van der Waals surface area contributed by atoms with Gasteiger partial charge in [0.2, 0.25) is 10.0 Å². The molecule has 1 aliphatic heterocycles. The van der Waals surface area contributed by atoms with Crippen molar-refractivity contribution in [2.45, 2.75) is 75.1 Å². The molecule has 1 aliphatic carbocycles. The number of alkyl carbamates (subject to hydrolysis) is 1. The van der Waals surface area contributed by atoms with E-state index in [0.717, 1.165) is 4.31 Å². The van der Waals surface area contributed by atoms with Crippen LogP contribution in [0.3, 0.4) is 0 Å². The maximum absolute atomic E-state index is 14.8. The van der Waals surface area contributed by atoms with Crippen LogP contribution < -0.4 is 5.32 Å². The van der Waals surface area contributed by atoms with E-state index in [-0.39, 0.29) is 29.8 Å². The monoisotopic (exact) mass is 460 g/mol. The van der Waals surface area contributed by atoms with Crippen molar-refractivity contribution in [2.24, 2.45) is 0 Å². The molecule has 3 rings (SSSR count). The van der Waals surface area contributed by atoms with Crippen LogP contribution in [0.1, 0.15) is 56.0 Å². The lowest BCUT2D eigenvalue weighted by atomic mass is 9.86. The molecule has 11 heteroatoms. The smallest absolute Gasteiger partial charge is 0.408 e. The van der Waals surface area contributed by atoms with Crippen LogP contribution in [0.4, 0.5) is 13.6 Å². The average molecular weight is 460 g/mol. The number of nitrogens with one attached hydrogen (secondary N) is 1. The van der Waals surface area contributed by atoms with Gasteiger partial charge in [0.15, 0.2) is 0 Å². The highest BCUT2D eigenvalue weighted by Crippen LogP contribution is 2.41. The van der Waals surface area contributed by atoms with Gasteiger partial charge in [0.1, 0.15) is 11.6 Å². The molecule has 1 N–H and O–H groups in total. The van der Waals surface area contributed by atoms with Crippen LogP contribution in [-0.2, 0) is 26.0 Å². The van der Waals surface area contributed by atoms with Gasteiger partial charge in [0, 0.05) is 13.0 Å². The van der Waals surface area contributed by atoms with Crippen molar-refractivity contribution in [1.29, 1.82) is 0 Å². The summed E-state index contributed by atoms with van der Waals surface area (Å²) in [4.78, 5) is 23.9. The molecule has 0 radical (unpaired) electrons. The predicted octanol–water partition coefficient (Wildman–Crippen LogP) is 3.06. The van der Waals surface area contributed by atoms with Crippen LogP contribution in [0.15, 0.2) is 23.1 Å². The molecule has 1 aromatic carbocycles. The lowest BCUT2D eigenvalue weighted by molar-refractivity contribution is -0.0859. The number of sulfonamides is 1. The van der Waals surface area contributed by atoms with Gasteiger partial charge in [0.05, 0.1) is 23.6 Å². The predicted molar refractivity (Wildman–Crippen MR) is 106 cm³/mol. The molecule has 2 atom stereocenters. The summed E-state index contributed by atoms with van der Waals surface area (Å²) < 4.78 is 66.7. The number of esters is 1. The Balaban J connectivity index is 1.93. The molecule has 172 valence electrons. The summed E-state index contributed by atoms with van der Waals surface area (Å²) in [5, 5.41) is 2.20. The maximum atomic E-state index is 14.8. The van der Waals surface area contributed by atoms with E-state index >= 15 is 0 Å². The van der Waals surface area contributed by atoms with Crippen molar-refractivity contribution in [2.75, 3.05) is 7.11 Å². The standard InChI is InChI=1S/C20H26F2N2O6S/c1-19(2,3)30-18(26)23-16-14(6-5-9-20(16,21)22)24-11-13-8-7-12(17(25)29-4)10-15(13)31(24,27)28/h7-8,10,14,16H,5-6,9,11H2,1-4H3,(H,23,26)/t14-,16+/m1/s1. The largest absolute Gasteiger partial charge is 0.465 e. The summed E-state index contributed by atoms with van der Waals surface area (Å²) in [6.07, 6.45) is -1.27. The molecule has 0 unspecified atom stereocenters. The molecule has 8 nitrogen and oxygen atoms in total. The summed E-state index contributed by atoms with van der Waals surface area (Å²) in [6, 6.07) is 1.16. The Hall–Kier alpha value is -2.27. The minimum absolute atomic E-state index is 0.0454. The molecule has 0 bridgehead atoms. The summed E-state index contributed by atoms with van der Waals surface area (Å²) in [6.45, 7) is 4.67. The first-order chi connectivity index (χ1) is 14.3. The summed E-state index contributed by atoms with van der Waals surface area (Å²) in [7, 11) is -2.99. The van der Waals surface area contributed by atoms with Gasteiger partial charge >= 0.3 is 12.1 Å². The molecule has 1 amide bonds. The number of carbonyl (C=O) groups excluding carboxylic acids is 2. The number of ether oxygens (including phenoxy) is 2. The van der Waals surface area contributed by atoms with Crippen LogP contribution in [0.25, 0.3) is 0 Å². The second-order valence-electron chi connectivity index (χ2n) is 8.71. The van der Waals surface area contributed by atoms with Gasteiger partial charge in [-0.1, -0.05) is 6.07 Å². The second-order valence-corrected chi connectivity index (χ2v) is 10.6. The van der Waals surface area contributed by atoms with Gasteiger partial charge in [0.25, 0.3) is 5.92 Å². The van der Waals surface area contributed by atoms with E-state index in [2.05, 4.69) is 10.1 Å². The van der Waals surface area contributed by atoms with E-state index in [1.54, 1.807) is 20.8 Å². The lowest BCUT2D eigenvalue weighted by Gasteiger charge is -2.41. The third-order valence-electron chi connectivity index (χ3n) is 5.29. The fraction of sp³-hybridized carbons (Fsp3) is 0.600. The number of amides is 1. The molecule has 1 heterocycles.